The molecule has 0 aliphatic carbocycles. The number of methoxy groups -OCH3 is 1. The van der Waals surface area contributed by atoms with Crippen LogP contribution in [0.3, 0.4) is 0 Å². The Bertz CT molecular complexity index is 958. The lowest BCUT2D eigenvalue weighted by atomic mass is 9.95. The molecule has 0 saturated carbocycles. The van der Waals surface area contributed by atoms with E-state index in [9.17, 15) is 8.63 Å². The van der Waals surface area contributed by atoms with E-state index in [2.05, 4.69) is 0 Å². The molecule has 1 aliphatic heterocycles. The standard InChI is InChI=1S/C18H14BF2NO2/c1-23-15-7-8-16-14(11-15)9-10-22-17(16)12-18(24-19(22,20)21)13-5-3-2-4-6-13/h2-12H,1H3. The first-order chi connectivity index (χ1) is 11.6. The molecule has 4 rings (SSSR count). The average molecular weight is 325 g/mol. The number of benzene rings is 2. The topological polar surface area (TPSA) is 22.3 Å². The van der Waals surface area contributed by atoms with Gasteiger partial charge in [0, 0.05) is 23.1 Å². The summed E-state index contributed by atoms with van der Waals surface area (Å²) in [5, 5.41) is 1.55. The molecular weight excluding hydrogens is 311 g/mol. The summed E-state index contributed by atoms with van der Waals surface area (Å²) in [5.74, 6) is 0.855. The monoisotopic (exact) mass is 325 g/mol. The van der Waals surface area contributed by atoms with Crippen molar-refractivity contribution in [1.82, 2.24) is 0 Å². The molecule has 0 atom stereocenters. The van der Waals surface area contributed by atoms with E-state index >= 15 is 0 Å². The molecule has 0 spiro atoms. The third-order valence-corrected chi connectivity index (χ3v) is 4.15. The zero-order chi connectivity index (χ0) is 16.7. The first-order valence-electron chi connectivity index (χ1n) is 7.58. The number of pyridine rings is 1. The smallest absolute Gasteiger partial charge is 0.599 e. The molecule has 0 saturated heterocycles. The van der Waals surface area contributed by atoms with Gasteiger partial charge in [-0.3, -0.25) is 0 Å². The molecular formula is C18H14BF2NO2. The largest absolute Gasteiger partial charge is 0.834 e. The SMILES string of the molecule is COc1ccc2c3[n+](ccc2c1)[B-](F)(F)OC(c1ccccc1)=C3. The van der Waals surface area contributed by atoms with Gasteiger partial charge in [0.05, 0.1) is 12.9 Å². The van der Waals surface area contributed by atoms with Crippen molar-refractivity contribution < 1.29 is 22.5 Å². The Balaban J connectivity index is 1.97. The highest BCUT2D eigenvalue weighted by molar-refractivity contribution is 6.51. The molecule has 2 heterocycles. The average Bonchev–Trinajstić information content (AvgIpc) is 2.61. The Morgan fingerprint density at radius 1 is 1.04 bits per heavy atom. The molecule has 0 bridgehead atoms. The number of fused-ring (bicyclic) bond motifs is 3. The van der Waals surface area contributed by atoms with Gasteiger partial charge in [-0.25, -0.2) is 0 Å². The highest BCUT2D eigenvalue weighted by Crippen LogP contribution is 2.31. The van der Waals surface area contributed by atoms with Gasteiger partial charge < -0.3 is 22.5 Å². The summed E-state index contributed by atoms with van der Waals surface area (Å²) >= 11 is 0. The van der Waals surface area contributed by atoms with Crippen LogP contribution in [-0.2, 0) is 4.65 Å². The zero-order valence-corrected chi connectivity index (χ0v) is 12.9. The fourth-order valence-electron chi connectivity index (χ4n) is 2.95. The van der Waals surface area contributed by atoms with E-state index < -0.39 is 7.04 Å². The number of hydrogen-bond donors (Lipinski definition) is 0. The van der Waals surface area contributed by atoms with Crippen LogP contribution < -0.4 is 9.21 Å². The van der Waals surface area contributed by atoms with Crippen LogP contribution in [0.4, 0.5) is 8.63 Å². The van der Waals surface area contributed by atoms with E-state index in [1.54, 1.807) is 55.7 Å². The molecule has 0 unspecified atom stereocenters. The number of nitrogens with zero attached hydrogens (tertiary/aromatic N) is 1. The summed E-state index contributed by atoms with van der Waals surface area (Å²) in [6.45, 7) is 0. The molecule has 3 aromatic rings. The number of aromatic nitrogens is 1. The van der Waals surface area contributed by atoms with Crippen LogP contribution in [0, 0.1) is 0 Å². The van der Waals surface area contributed by atoms with E-state index in [1.165, 1.54) is 6.20 Å². The van der Waals surface area contributed by atoms with Gasteiger partial charge >= 0.3 is 7.04 Å². The van der Waals surface area contributed by atoms with Crippen molar-refractivity contribution >= 4 is 29.6 Å². The highest BCUT2D eigenvalue weighted by atomic mass is 19.3. The maximum Gasteiger partial charge on any atom is 0.834 e. The highest BCUT2D eigenvalue weighted by Gasteiger charge is 2.49. The van der Waals surface area contributed by atoms with Crippen molar-refractivity contribution in [3.05, 3.63) is 72.1 Å². The van der Waals surface area contributed by atoms with Gasteiger partial charge in [-0.2, -0.15) is 0 Å². The van der Waals surface area contributed by atoms with Crippen LogP contribution in [0.5, 0.6) is 5.75 Å². The second-order valence-corrected chi connectivity index (χ2v) is 5.62. The molecule has 120 valence electrons. The summed E-state index contributed by atoms with van der Waals surface area (Å²) in [4.78, 5) is 0. The first kappa shape index (κ1) is 14.7. The number of hydrogen-bond acceptors (Lipinski definition) is 2. The fraction of sp³-hybridized carbons (Fsp3) is 0.0556. The molecule has 6 heteroatoms. The summed E-state index contributed by atoms with van der Waals surface area (Å²) in [7, 11) is -2.61. The summed E-state index contributed by atoms with van der Waals surface area (Å²) < 4.78 is 40.2. The first-order valence-corrected chi connectivity index (χ1v) is 7.58. The maximum absolute atomic E-state index is 14.5. The molecule has 0 fully saturated rings. The Morgan fingerprint density at radius 3 is 2.58 bits per heavy atom. The van der Waals surface area contributed by atoms with Crippen molar-refractivity contribution in [3.63, 3.8) is 0 Å². The van der Waals surface area contributed by atoms with Crippen molar-refractivity contribution in [2.24, 2.45) is 0 Å². The van der Waals surface area contributed by atoms with E-state index in [4.69, 9.17) is 9.39 Å². The lowest BCUT2D eigenvalue weighted by Crippen LogP contribution is -2.63. The molecule has 1 aliphatic rings. The molecule has 2 aromatic carbocycles. The van der Waals surface area contributed by atoms with E-state index in [0.717, 1.165) is 15.3 Å². The van der Waals surface area contributed by atoms with Gasteiger partial charge in [-0.1, -0.05) is 30.3 Å². The third-order valence-electron chi connectivity index (χ3n) is 4.15. The Hall–Kier alpha value is -2.89. The predicted molar refractivity (Wildman–Crippen MR) is 89.5 cm³/mol. The number of rotatable bonds is 2. The summed E-state index contributed by atoms with van der Waals surface area (Å²) in [6, 6.07) is 15.9. The van der Waals surface area contributed by atoms with Gasteiger partial charge in [-0.15, -0.1) is 0 Å². The fourth-order valence-corrected chi connectivity index (χ4v) is 2.95. The van der Waals surface area contributed by atoms with Crippen LogP contribution in [0.15, 0.2) is 60.8 Å². The van der Waals surface area contributed by atoms with Gasteiger partial charge in [0.1, 0.15) is 11.9 Å². The molecule has 24 heavy (non-hydrogen) atoms. The third kappa shape index (κ3) is 2.31. The number of ether oxygens (including phenoxy) is 1. The van der Waals surface area contributed by atoms with Crippen molar-refractivity contribution in [2.45, 2.75) is 0 Å². The van der Waals surface area contributed by atoms with Gasteiger partial charge in [-0.05, 0) is 23.6 Å². The quantitative estimate of drug-likeness (QED) is 0.667. The Morgan fingerprint density at radius 2 is 1.83 bits per heavy atom. The van der Waals surface area contributed by atoms with Gasteiger partial charge in [0.25, 0.3) is 0 Å². The minimum absolute atomic E-state index is 0.170. The van der Waals surface area contributed by atoms with Crippen LogP contribution in [0.1, 0.15) is 11.3 Å². The Labute approximate surface area is 137 Å². The minimum atomic E-state index is -4.19. The van der Waals surface area contributed by atoms with Gasteiger partial charge in [0.2, 0.25) is 0 Å². The van der Waals surface area contributed by atoms with Crippen molar-refractivity contribution in [2.75, 3.05) is 7.11 Å². The minimum Gasteiger partial charge on any atom is -0.599 e. The lowest BCUT2D eigenvalue weighted by molar-refractivity contribution is -0.582. The summed E-state index contributed by atoms with van der Waals surface area (Å²) in [5.41, 5.74) is 1.04. The normalized spacial score (nSPS) is 15.4. The molecule has 3 nitrogen and oxygen atoms in total. The van der Waals surface area contributed by atoms with Crippen molar-refractivity contribution in [1.29, 1.82) is 0 Å². The predicted octanol–water partition coefficient (Wildman–Crippen LogP) is 3.89. The number of halogens is 2. The van der Waals surface area contributed by atoms with Crippen molar-refractivity contribution in [3.8, 4) is 5.75 Å². The maximum atomic E-state index is 14.5. The lowest BCUT2D eigenvalue weighted by Gasteiger charge is -2.28. The second-order valence-electron chi connectivity index (χ2n) is 5.62. The molecule has 1 aromatic heterocycles. The second kappa shape index (κ2) is 5.34. The van der Waals surface area contributed by atoms with Crippen LogP contribution in [-0.4, -0.2) is 14.1 Å². The summed E-state index contributed by atoms with van der Waals surface area (Å²) in [6.07, 6.45) is 3.01. The van der Waals surface area contributed by atoms with E-state index in [-0.39, 0.29) is 5.76 Å². The van der Waals surface area contributed by atoms with Crippen LogP contribution in [0.25, 0.3) is 22.6 Å². The van der Waals surface area contributed by atoms with Crippen LogP contribution >= 0.6 is 0 Å². The van der Waals surface area contributed by atoms with E-state index in [1.807, 2.05) is 12.1 Å². The Kier molecular flexibility index (Phi) is 3.27. The van der Waals surface area contributed by atoms with Crippen LogP contribution in [0.2, 0.25) is 0 Å². The molecule has 0 radical (unpaired) electrons. The molecule has 0 amide bonds. The molecule has 0 N–H and O–H groups in total. The van der Waals surface area contributed by atoms with E-state index in [0.29, 0.717) is 17.0 Å². The zero-order valence-electron chi connectivity index (χ0n) is 12.9. The van der Waals surface area contributed by atoms with Gasteiger partial charge in [0.15, 0.2) is 5.69 Å².